The Labute approximate surface area is 167 Å². The molecule has 1 unspecified atom stereocenters. The zero-order valence-electron chi connectivity index (χ0n) is 16.5. The molecule has 1 atom stereocenters. The summed E-state index contributed by atoms with van der Waals surface area (Å²) in [5, 5.41) is 19.8. The van der Waals surface area contributed by atoms with Crippen molar-refractivity contribution in [2.45, 2.75) is 45.2 Å². The molecule has 9 nitrogen and oxygen atoms in total. The zero-order valence-corrected chi connectivity index (χ0v) is 16.5. The minimum absolute atomic E-state index is 0.0385. The molecule has 2 aromatic heterocycles. The van der Waals surface area contributed by atoms with Gasteiger partial charge in [0.05, 0.1) is 18.7 Å². The van der Waals surface area contributed by atoms with E-state index < -0.39 is 23.5 Å². The molecule has 1 amide bonds. The predicted octanol–water partition coefficient (Wildman–Crippen LogP) is 1.52. The molecule has 0 spiro atoms. The van der Waals surface area contributed by atoms with Gasteiger partial charge in [0.25, 0.3) is 5.56 Å². The van der Waals surface area contributed by atoms with Crippen molar-refractivity contribution in [1.29, 1.82) is 0 Å². The fraction of sp³-hybridized carbons (Fsp3) is 0.350. The van der Waals surface area contributed by atoms with Crippen LogP contribution in [0, 0.1) is 0 Å². The lowest BCUT2D eigenvalue weighted by atomic mass is 9.86. The summed E-state index contributed by atoms with van der Waals surface area (Å²) in [5.74, 6) is -1.54. The topological polar surface area (TPSA) is 119 Å². The van der Waals surface area contributed by atoms with E-state index in [1.54, 1.807) is 0 Å². The second-order valence-corrected chi connectivity index (χ2v) is 7.84. The summed E-state index contributed by atoms with van der Waals surface area (Å²) in [6, 6.07) is 8.30. The van der Waals surface area contributed by atoms with Crippen LogP contribution in [0.3, 0.4) is 0 Å². The number of benzene rings is 1. The summed E-state index contributed by atoms with van der Waals surface area (Å²) in [6.07, 6.45) is 2.53. The summed E-state index contributed by atoms with van der Waals surface area (Å²) in [5.41, 5.74) is 1.59. The van der Waals surface area contributed by atoms with Gasteiger partial charge in [-0.2, -0.15) is 10.2 Å². The van der Waals surface area contributed by atoms with E-state index in [2.05, 4.69) is 36.3 Å². The Morgan fingerprint density at radius 3 is 2.45 bits per heavy atom. The van der Waals surface area contributed by atoms with E-state index in [1.165, 1.54) is 23.1 Å². The summed E-state index contributed by atoms with van der Waals surface area (Å²) in [7, 11) is 0. The van der Waals surface area contributed by atoms with Gasteiger partial charge in [0.15, 0.2) is 0 Å². The lowest BCUT2D eigenvalue weighted by Gasteiger charge is -2.22. The van der Waals surface area contributed by atoms with Gasteiger partial charge in [-0.05, 0) is 22.6 Å². The van der Waals surface area contributed by atoms with Gasteiger partial charge < -0.3 is 10.4 Å². The summed E-state index contributed by atoms with van der Waals surface area (Å²) in [6.45, 7) is 5.93. The number of carbonyl (C=O) groups excluding carboxylic acids is 1. The van der Waals surface area contributed by atoms with Crippen molar-refractivity contribution in [3.8, 4) is 0 Å². The Balaban J connectivity index is 1.78. The average molecular weight is 397 g/mol. The van der Waals surface area contributed by atoms with Crippen molar-refractivity contribution < 1.29 is 14.7 Å². The van der Waals surface area contributed by atoms with Gasteiger partial charge in [0.1, 0.15) is 18.4 Å². The number of hydrogen-bond donors (Lipinski definition) is 2. The fourth-order valence-electron chi connectivity index (χ4n) is 3.00. The van der Waals surface area contributed by atoms with E-state index in [4.69, 9.17) is 0 Å². The molecule has 0 aliphatic heterocycles. The molecule has 9 heteroatoms. The van der Waals surface area contributed by atoms with Crippen LogP contribution in [-0.4, -0.2) is 36.4 Å². The second kappa shape index (κ2) is 7.86. The first-order chi connectivity index (χ1) is 13.6. The molecule has 0 fully saturated rings. The van der Waals surface area contributed by atoms with Crippen molar-refractivity contribution in [1.82, 2.24) is 24.7 Å². The molecule has 3 rings (SSSR count). The first-order valence-corrected chi connectivity index (χ1v) is 9.16. The third kappa shape index (κ3) is 4.68. The van der Waals surface area contributed by atoms with Crippen LogP contribution in [0.15, 0.2) is 47.7 Å². The highest BCUT2D eigenvalue weighted by Crippen LogP contribution is 2.25. The number of amides is 1. The number of nitrogens with zero attached hydrogens (tertiary/aromatic N) is 4. The molecule has 0 bridgehead atoms. The van der Waals surface area contributed by atoms with Crippen molar-refractivity contribution in [3.63, 3.8) is 0 Å². The summed E-state index contributed by atoms with van der Waals surface area (Å²) in [4.78, 5) is 36.2. The minimum atomic E-state index is -1.04. The van der Waals surface area contributed by atoms with Crippen molar-refractivity contribution in [3.05, 3.63) is 64.3 Å². The molecule has 29 heavy (non-hydrogen) atoms. The summed E-state index contributed by atoms with van der Waals surface area (Å²) < 4.78 is 2.34. The minimum Gasteiger partial charge on any atom is -0.481 e. The third-order valence-electron chi connectivity index (χ3n) is 4.61. The molecule has 2 heterocycles. The number of fused-ring (bicyclic) bond motifs is 1. The fourth-order valence-corrected chi connectivity index (χ4v) is 3.00. The lowest BCUT2D eigenvalue weighted by molar-refractivity contribution is -0.137. The van der Waals surface area contributed by atoms with Crippen LogP contribution in [-0.2, 0) is 21.5 Å². The molecule has 0 saturated heterocycles. The predicted molar refractivity (Wildman–Crippen MR) is 106 cm³/mol. The van der Waals surface area contributed by atoms with Gasteiger partial charge in [-0.3, -0.25) is 14.4 Å². The number of aromatic nitrogens is 4. The Morgan fingerprint density at radius 1 is 1.14 bits per heavy atom. The molecular weight excluding hydrogens is 374 g/mol. The van der Waals surface area contributed by atoms with Crippen LogP contribution >= 0.6 is 0 Å². The van der Waals surface area contributed by atoms with E-state index in [1.807, 2.05) is 24.3 Å². The maximum Gasteiger partial charge on any atom is 0.305 e. The average Bonchev–Trinajstić information content (AvgIpc) is 3.12. The number of hydrogen-bond acceptors (Lipinski definition) is 5. The number of carbonyl (C=O) groups is 2. The maximum atomic E-state index is 12.5. The van der Waals surface area contributed by atoms with Gasteiger partial charge in [-0.15, -0.1) is 0 Å². The Kier molecular flexibility index (Phi) is 5.49. The van der Waals surface area contributed by atoms with E-state index in [0.717, 1.165) is 10.2 Å². The van der Waals surface area contributed by atoms with Crippen LogP contribution in [0.1, 0.15) is 44.4 Å². The number of rotatable bonds is 6. The van der Waals surface area contributed by atoms with E-state index >= 15 is 0 Å². The number of aliphatic carboxylic acids is 1. The highest BCUT2D eigenvalue weighted by atomic mass is 16.4. The van der Waals surface area contributed by atoms with Crippen molar-refractivity contribution >= 4 is 17.4 Å². The first-order valence-electron chi connectivity index (χ1n) is 9.16. The van der Waals surface area contributed by atoms with Gasteiger partial charge in [0.2, 0.25) is 5.91 Å². The van der Waals surface area contributed by atoms with E-state index in [9.17, 15) is 19.5 Å². The highest BCUT2D eigenvalue weighted by molar-refractivity contribution is 5.77. The Hall–Kier alpha value is -3.49. The second-order valence-electron chi connectivity index (χ2n) is 7.84. The van der Waals surface area contributed by atoms with Gasteiger partial charge in [-0.25, -0.2) is 9.20 Å². The first kappa shape index (κ1) is 20.2. The van der Waals surface area contributed by atoms with Crippen molar-refractivity contribution in [2.24, 2.45) is 0 Å². The van der Waals surface area contributed by atoms with E-state index in [0.29, 0.717) is 11.1 Å². The molecule has 0 saturated carbocycles. The maximum absolute atomic E-state index is 12.5. The Morgan fingerprint density at radius 2 is 1.83 bits per heavy atom. The molecule has 152 valence electrons. The van der Waals surface area contributed by atoms with Crippen LogP contribution in [0.5, 0.6) is 0 Å². The van der Waals surface area contributed by atoms with E-state index in [-0.39, 0.29) is 18.4 Å². The molecular formula is C20H23N5O4. The molecule has 2 N–H and O–H groups in total. The van der Waals surface area contributed by atoms with Crippen LogP contribution in [0.2, 0.25) is 0 Å². The quantitative estimate of drug-likeness (QED) is 0.651. The summed E-state index contributed by atoms with van der Waals surface area (Å²) >= 11 is 0. The highest BCUT2D eigenvalue weighted by Gasteiger charge is 2.20. The largest absolute Gasteiger partial charge is 0.481 e. The molecule has 0 radical (unpaired) electrons. The molecule has 0 aliphatic carbocycles. The number of carboxylic acids is 1. The van der Waals surface area contributed by atoms with Gasteiger partial charge in [0, 0.05) is 0 Å². The SMILES string of the molecule is CC(C)(C)c1ccc(C(CC(=O)O)NC(=O)Cn2ncn3nccc3c2=O)cc1. The van der Waals surface area contributed by atoms with Crippen LogP contribution < -0.4 is 10.9 Å². The normalized spacial score (nSPS) is 12.7. The molecule has 3 aromatic rings. The van der Waals surface area contributed by atoms with Crippen LogP contribution in [0.25, 0.3) is 5.52 Å². The molecule has 1 aromatic carbocycles. The van der Waals surface area contributed by atoms with Crippen molar-refractivity contribution in [2.75, 3.05) is 0 Å². The molecule has 0 aliphatic rings. The number of nitrogens with one attached hydrogen (secondary N) is 1. The zero-order chi connectivity index (χ0) is 21.2. The lowest BCUT2D eigenvalue weighted by Crippen LogP contribution is -2.37. The third-order valence-corrected chi connectivity index (χ3v) is 4.61. The van der Waals surface area contributed by atoms with Gasteiger partial charge in [-0.1, -0.05) is 45.0 Å². The van der Waals surface area contributed by atoms with Crippen LogP contribution in [0.4, 0.5) is 0 Å². The van der Waals surface area contributed by atoms with Gasteiger partial charge >= 0.3 is 5.97 Å². The smallest absolute Gasteiger partial charge is 0.305 e. The Bertz CT molecular complexity index is 1090. The monoisotopic (exact) mass is 397 g/mol. The number of carboxylic acid groups (broad SMARTS) is 1. The standard InChI is InChI=1S/C20H23N5O4/c1-20(2,3)14-6-4-13(5-7-14)15(10-18(27)28)23-17(26)11-24-19(29)16-8-9-21-25(16)12-22-24/h4-9,12,15H,10-11H2,1-3H3,(H,23,26)(H,27,28).